The monoisotopic (exact) mass is 274 g/mol. The standard InChI is InChI=1S/C11H19ClN4O2/c1-3-4-13-10-14-5-8(12)9(15-10)16-11(2,6-17)7-18/h5,17-18H,3-4,6-7H2,1-2H3,(H2,13,14,15,16). The first-order chi connectivity index (χ1) is 8.54. The molecule has 0 aliphatic heterocycles. The summed E-state index contributed by atoms with van der Waals surface area (Å²) in [6.07, 6.45) is 2.43. The van der Waals surface area contributed by atoms with Crippen LogP contribution in [0.1, 0.15) is 20.3 Å². The van der Waals surface area contributed by atoms with Gasteiger partial charge in [-0.05, 0) is 13.3 Å². The maximum Gasteiger partial charge on any atom is 0.224 e. The molecule has 0 amide bonds. The van der Waals surface area contributed by atoms with Crippen molar-refractivity contribution in [1.29, 1.82) is 0 Å². The fraction of sp³-hybridized carbons (Fsp3) is 0.636. The lowest BCUT2D eigenvalue weighted by Crippen LogP contribution is -2.43. The number of aromatic nitrogens is 2. The number of halogens is 1. The van der Waals surface area contributed by atoms with Crippen LogP contribution in [0.15, 0.2) is 6.20 Å². The lowest BCUT2D eigenvalue weighted by molar-refractivity contribution is 0.147. The average molecular weight is 275 g/mol. The van der Waals surface area contributed by atoms with Crippen molar-refractivity contribution in [3.63, 3.8) is 0 Å². The smallest absolute Gasteiger partial charge is 0.224 e. The number of aliphatic hydroxyl groups excluding tert-OH is 2. The summed E-state index contributed by atoms with van der Waals surface area (Å²) in [5, 5.41) is 24.7. The van der Waals surface area contributed by atoms with E-state index in [1.54, 1.807) is 6.92 Å². The number of aliphatic hydroxyl groups is 2. The molecule has 0 atom stereocenters. The molecule has 0 bridgehead atoms. The summed E-state index contributed by atoms with van der Waals surface area (Å²) < 4.78 is 0. The Morgan fingerprint density at radius 1 is 1.39 bits per heavy atom. The molecule has 18 heavy (non-hydrogen) atoms. The van der Waals surface area contributed by atoms with Crippen molar-refractivity contribution in [2.24, 2.45) is 0 Å². The minimum absolute atomic E-state index is 0.235. The van der Waals surface area contributed by atoms with E-state index < -0.39 is 5.54 Å². The van der Waals surface area contributed by atoms with E-state index in [4.69, 9.17) is 11.6 Å². The van der Waals surface area contributed by atoms with E-state index >= 15 is 0 Å². The topological polar surface area (TPSA) is 90.3 Å². The van der Waals surface area contributed by atoms with Gasteiger partial charge in [0.25, 0.3) is 0 Å². The summed E-state index contributed by atoms with van der Waals surface area (Å²) in [7, 11) is 0. The van der Waals surface area contributed by atoms with Crippen LogP contribution in [0.25, 0.3) is 0 Å². The minimum atomic E-state index is -0.875. The molecule has 0 aliphatic rings. The molecular formula is C11H19ClN4O2. The van der Waals surface area contributed by atoms with Crippen molar-refractivity contribution in [2.75, 3.05) is 30.4 Å². The van der Waals surface area contributed by atoms with E-state index in [1.165, 1.54) is 6.20 Å². The molecule has 0 aromatic carbocycles. The molecule has 0 radical (unpaired) electrons. The van der Waals surface area contributed by atoms with Crippen LogP contribution in [0.5, 0.6) is 0 Å². The molecule has 0 fully saturated rings. The Labute approximate surface area is 111 Å². The third kappa shape index (κ3) is 3.97. The van der Waals surface area contributed by atoms with E-state index in [9.17, 15) is 10.2 Å². The maximum atomic E-state index is 9.22. The molecule has 0 saturated carbocycles. The zero-order valence-corrected chi connectivity index (χ0v) is 11.3. The van der Waals surface area contributed by atoms with E-state index in [1.807, 2.05) is 6.92 Å². The number of nitrogens with one attached hydrogen (secondary N) is 2. The number of anilines is 2. The number of nitrogens with zero attached hydrogens (tertiary/aromatic N) is 2. The Morgan fingerprint density at radius 2 is 2.06 bits per heavy atom. The van der Waals surface area contributed by atoms with E-state index in [0.717, 1.165) is 13.0 Å². The molecule has 1 aromatic heterocycles. The molecule has 0 saturated heterocycles. The van der Waals surface area contributed by atoms with Crippen molar-refractivity contribution in [3.05, 3.63) is 11.2 Å². The fourth-order valence-corrected chi connectivity index (χ4v) is 1.33. The molecule has 7 heteroatoms. The molecule has 4 N–H and O–H groups in total. The predicted octanol–water partition coefficient (Wildman–Crippen LogP) is 1.11. The van der Waals surface area contributed by atoms with Gasteiger partial charge in [-0.1, -0.05) is 18.5 Å². The van der Waals surface area contributed by atoms with Gasteiger partial charge in [-0.2, -0.15) is 4.98 Å². The highest BCUT2D eigenvalue weighted by Gasteiger charge is 2.23. The van der Waals surface area contributed by atoms with Crippen LogP contribution in [0.4, 0.5) is 11.8 Å². The molecule has 0 spiro atoms. The van der Waals surface area contributed by atoms with Crippen LogP contribution < -0.4 is 10.6 Å². The van der Waals surface area contributed by atoms with Gasteiger partial charge in [-0.3, -0.25) is 0 Å². The van der Waals surface area contributed by atoms with Gasteiger partial charge in [-0.15, -0.1) is 0 Å². The Morgan fingerprint density at radius 3 is 2.61 bits per heavy atom. The third-order valence-corrected chi connectivity index (χ3v) is 2.67. The molecule has 102 valence electrons. The van der Waals surface area contributed by atoms with Gasteiger partial charge in [0.1, 0.15) is 5.02 Å². The second-order valence-electron chi connectivity index (χ2n) is 4.32. The number of rotatable bonds is 7. The van der Waals surface area contributed by atoms with Crippen molar-refractivity contribution < 1.29 is 10.2 Å². The first kappa shape index (κ1) is 14.9. The summed E-state index contributed by atoms with van der Waals surface area (Å²) in [5.41, 5.74) is -0.875. The van der Waals surface area contributed by atoms with E-state index in [0.29, 0.717) is 16.8 Å². The van der Waals surface area contributed by atoms with Crippen LogP contribution in [-0.2, 0) is 0 Å². The van der Waals surface area contributed by atoms with Crippen LogP contribution in [0.2, 0.25) is 5.02 Å². The molecule has 1 heterocycles. The normalized spacial score (nSPS) is 11.4. The molecular weight excluding hydrogens is 256 g/mol. The molecule has 0 aliphatic carbocycles. The van der Waals surface area contributed by atoms with E-state index in [-0.39, 0.29) is 13.2 Å². The van der Waals surface area contributed by atoms with Crippen LogP contribution >= 0.6 is 11.6 Å². The van der Waals surface area contributed by atoms with Gasteiger partial charge in [0.2, 0.25) is 5.95 Å². The first-order valence-electron chi connectivity index (χ1n) is 5.81. The van der Waals surface area contributed by atoms with Crippen LogP contribution in [0, 0.1) is 0 Å². The summed E-state index contributed by atoms with van der Waals surface area (Å²) in [5.74, 6) is 0.845. The molecule has 6 nitrogen and oxygen atoms in total. The SMILES string of the molecule is CCCNc1ncc(Cl)c(NC(C)(CO)CO)n1. The van der Waals surface area contributed by atoms with Crippen molar-refractivity contribution >= 4 is 23.4 Å². The zero-order chi connectivity index (χ0) is 13.6. The largest absolute Gasteiger partial charge is 0.394 e. The fourth-order valence-electron chi connectivity index (χ4n) is 1.19. The highest BCUT2D eigenvalue weighted by Crippen LogP contribution is 2.22. The number of hydrogen-bond acceptors (Lipinski definition) is 6. The summed E-state index contributed by atoms with van der Waals surface area (Å²) in [6, 6.07) is 0. The minimum Gasteiger partial charge on any atom is -0.394 e. The Balaban J connectivity index is 2.86. The maximum absolute atomic E-state index is 9.22. The van der Waals surface area contributed by atoms with Gasteiger partial charge in [0.05, 0.1) is 24.9 Å². The van der Waals surface area contributed by atoms with Crippen molar-refractivity contribution in [1.82, 2.24) is 9.97 Å². The van der Waals surface area contributed by atoms with Gasteiger partial charge >= 0.3 is 0 Å². The quantitative estimate of drug-likeness (QED) is 0.595. The predicted molar refractivity (Wildman–Crippen MR) is 72.0 cm³/mol. The second-order valence-corrected chi connectivity index (χ2v) is 4.73. The Bertz CT molecular complexity index is 385. The molecule has 1 rings (SSSR count). The highest BCUT2D eigenvalue weighted by atomic mass is 35.5. The molecule has 0 unspecified atom stereocenters. The van der Waals surface area contributed by atoms with Gasteiger partial charge in [0.15, 0.2) is 5.82 Å². The summed E-state index contributed by atoms with van der Waals surface area (Å²) in [4.78, 5) is 8.24. The summed E-state index contributed by atoms with van der Waals surface area (Å²) in [6.45, 7) is 4.00. The third-order valence-electron chi connectivity index (χ3n) is 2.40. The second kappa shape index (κ2) is 6.72. The van der Waals surface area contributed by atoms with Gasteiger partial charge < -0.3 is 20.8 Å². The first-order valence-corrected chi connectivity index (χ1v) is 6.18. The summed E-state index contributed by atoms with van der Waals surface area (Å²) >= 11 is 5.97. The lowest BCUT2D eigenvalue weighted by atomic mass is 10.1. The Kier molecular flexibility index (Phi) is 5.58. The molecule has 1 aromatic rings. The van der Waals surface area contributed by atoms with Crippen LogP contribution in [-0.4, -0.2) is 45.5 Å². The average Bonchev–Trinajstić information content (AvgIpc) is 2.39. The highest BCUT2D eigenvalue weighted by molar-refractivity contribution is 6.32. The van der Waals surface area contributed by atoms with Crippen molar-refractivity contribution in [3.8, 4) is 0 Å². The van der Waals surface area contributed by atoms with Crippen LogP contribution in [0.3, 0.4) is 0 Å². The zero-order valence-electron chi connectivity index (χ0n) is 10.6. The number of hydrogen-bond donors (Lipinski definition) is 4. The van der Waals surface area contributed by atoms with E-state index in [2.05, 4.69) is 20.6 Å². The van der Waals surface area contributed by atoms with Gasteiger partial charge in [-0.25, -0.2) is 4.98 Å². The lowest BCUT2D eigenvalue weighted by Gasteiger charge is -2.27. The Hall–Kier alpha value is -1.11. The van der Waals surface area contributed by atoms with Crippen molar-refractivity contribution in [2.45, 2.75) is 25.8 Å². The van der Waals surface area contributed by atoms with Gasteiger partial charge in [0, 0.05) is 6.54 Å².